The fourth-order valence-electron chi connectivity index (χ4n) is 1.65. The molecule has 2 atom stereocenters. The second kappa shape index (κ2) is 4.99. The standard InChI is InChI=1S/C11H20FNO3/c1-11(2,3)16-10(15)13-5-4-8(7-14)9(12)6-13/h8-9,14H,4-7H2,1-3H3/t8?,9-/m1/s1. The quantitative estimate of drug-likeness (QED) is 0.748. The predicted octanol–water partition coefficient (Wildman–Crippen LogP) is 1.57. The van der Waals surface area contributed by atoms with Gasteiger partial charge in [-0.1, -0.05) is 0 Å². The van der Waals surface area contributed by atoms with Crippen LogP contribution in [0.2, 0.25) is 0 Å². The molecule has 0 aromatic heterocycles. The van der Waals surface area contributed by atoms with E-state index < -0.39 is 17.9 Å². The Labute approximate surface area is 95.4 Å². The second-order valence-corrected chi connectivity index (χ2v) is 5.17. The average Bonchev–Trinajstić information content (AvgIpc) is 2.15. The van der Waals surface area contributed by atoms with Gasteiger partial charge < -0.3 is 14.7 Å². The highest BCUT2D eigenvalue weighted by Crippen LogP contribution is 2.21. The van der Waals surface area contributed by atoms with Crippen LogP contribution in [0, 0.1) is 5.92 Å². The number of piperidine rings is 1. The number of halogens is 1. The van der Waals surface area contributed by atoms with Crippen LogP contribution in [0.4, 0.5) is 9.18 Å². The molecule has 0 saturated carbocycles. The molecule has 1 aliphatic rings. The minimum Gasteiger partial charge on any atom is -0.444 e. The lowest BCUT2D eigenvalue weighted by Gasteiger charge is -2.34. The summed E-state index contributed by atoms with van der Waals surface area (Å²) in [6.07, 6.45) is -1.16. The second-order valence-electron chi connectivity index (χ2n) is 5.17. The van der Waals surface area contributed by atoms with E-state index in [-0.39, 0.29) is 19.1 Å². The van der Waals surface area contributed by atoms with Gasteiger partial charge in [0.25, 0.3) is 0 Å². The van der Waals surface area contributed by atoms with E-state index in [1.165, 1.54) is 4.90 Å². The highest BCUT2D eigenvalue weighted by molar-refractivity contribution is 5.68. The van der Waals surface area contributed by atoms with Crippen LogP contribution in [0.3, 0.4) is 0 Å². The fraction of sp³-hybridized carbons (Fsp3) is 0.909. The molecule has 16 heavy (non-hydrogen) atoms. The topological polar surface area (TPSA) is 49.8 Å². The van der Waals surface area contributed by atoms with Crippen LogP contribution in [0.1, 0.15) is 27.2 Å². The first-order valence-electron chi connectivity index (χ1n) is 5.56. The number of hydrogen-bond acceptors (Lipinski definition) is 3. The smallest absolute Gasteiger partial charge is 0.410 e. The molecule has 1 saturated heterocycles. The number of hydrogen-bond donors (Lipinski definition) is 1. The molecular weight excluding hydrogens is 213 g/mol. The highest BCUT2D eigenvalue weighted by atomic mass is 19.1. The number of carbonyl (C=O) groups excluding carboxylic acids is 1. The van der Waals surface area contributed by atoms with Crippen LogP contribution < -0.4 is 0 Å². The molecule has 0 bridgehead atoms. The maximum absolute atomic E-state index is 13.5. The molecule has 0 aromatic rings. The summed E-state index contributed by atoms with van der Waals surface area (Å²) in [4.78, 5) is 13.0. The van der Waals surface area contributed by atoms with Crippen molar-refractivity contribution in [3.8, 4) is 0 Å². The third kappa shape index (κ3) is 3.63. The molecule has 0 spiro atoms. The van der Waals surface area contributed by atoms with Crippen LogP contribution in [0.15, 0.2) is 0 Å². The average molecular weight is 233 g/mol. The van der Waals surface area contributed by atoms with E-state index in [2.05, 4.69) is 0 Å². The fourth-order valence-corrected chi connectivity index (χ4v) is 1.65. The molecule has 1 fully saturated rings. The van der Waals surface area contributed by atoms with Gasteiger partial charge in [-0.25, -0.2) is 9.18 Å². The van der Waals surface area contributed by atoms with Gasteiger partial charge in [-0.05, 0) is 27.2 Å². The summed E-state index contributed by atoms with van der Waals surface area (Å²) in [5, 5.41) is 8.90. The zero-order valence-electron chi connectivity index (χ0n) is 10.1. The Balaban J connectivity index is 2.48. The maximum Gasteiger partial charge on any atom is 0.410 e. The van der Waals surface area contributed by atoms with Crippen molar-refractivity contribution in [2.75, 3.05) is 19.7 Å². The van der Waals surface area contributed by atoms with Crippen molar-refractivity contribution in [3.63, 3.8) is 0 Å². The van der Waals surface area contributed by atoms with Gasteiger partial charge in [0.05, 0.1) is 6.54 Å². The Kier molecular flexibility index (Phi) is 4.13. The lowest BCUT2D eigenvalue weighted by atomic mass is 9.96. The molecule has 94 valence electrons. The van der Waals surface area contributed by atoms with E-state index >= 15 is 0 Å². The first-order valence-corrected chi connectivity index (χ1v) is 5.56. The van der Waals surface area contributed by atoms with Gasteiger partial charge in [-0.3, -0.25) is 0 Å². The minimum absolute atomic E-state index is 0.0140. The number of carbonyl (C=O) groups is 1. The summed E-state index contributed by atoms with van der Waals surface area (Å²) in [6.45, 7) is 5.62. The van der Waals surface area contributed by atoms with E-state index in [1.54, 1.807) is 20.8 Å². The Morgan fingerprint density at radius 1 is 1.56 bits per heavy atom. The van der Waals surface area contributed by atoms with Crippen molar-refractivity contribution in [1.29, 1.82) is 0 Å². The molecule has 1 rings (SSSR count). The monoisotopic (exact) mass is 233 g/mol. The number of ether oxygens (including phenoxy) is 1. The Morgan fingerprint density at radius 3 is 2.62 bits per heavy atom. The zero-order chi connectivity index (χ0) is 12.3. The number of nitrogens with zero attached hydrogens (tertiary/aromatic N) is 1. The van der Waals surface area contributed by atoms with Crippen LogP contribution >= 0.6 is 0 Å². The molecule has 0 aromatic carbocycles. The van der Waals surface area contributed by atoms with Crippen molar-refractivity contribution in [1.82, 2.24) is 4.90 Å². The third-order valence-corrected chi connectivity index (χ3v) is 2.56. The molecule has 1 unspecified atom stereocenters. The summed E-state index contributed by atoms with van der Waals surface area (Å²) < 4.78 is 18.6. The summed E-state index contributed by atoms with van der Waals surface area (Å²) in [7, 11) is 0. The number of aliphatic hydroxyl groups is 1. The molecule has 1 N–H and O–H groups in total. The highest BCUT2D eigenvalue weighted by Gasteiger charge is 2.32. The molecule has 4 nitrogen and oxygen atoms in total. The van der Waals surface area contributed by atoms with E-state index in [9.17, 15) is 9.18 Å². The lowest BCUT2D eigenvalue weighted by Crippen LogP contribution is -2.47. The molecular formula is C11H20FNO3. The van der Waals surface area contributed by atoms with Gasteiger partial charge in [-0.2, -0.15) is 0 Å². The van der Waals surface area contributed by atoms with Crippen LogP contribution in [-0.4, -0.2) is 47.6 Å². The zero-order valence-corrected chi connectivity index (χ0v) is 10.1. The summed E-state index contributed by atoms with van der Waals surface area (Å²) in [5.41, 5.74) is -0.559. The summed E-state index contributed by atoms with van der Waals surface area (Å²) in [5.74, 6) is -0.348. The van der Waals surface area contributed by atoms with E-state index in [4.69, 9.17) is 9.84 Å². The Bertz CT molecular complexity index is 252. The number of amides is 1. The Morgan fingerprint density at radius 2 is 2.19 bits per heavy atom. The van der Waals surface area contributed by atoms with Crippen molar-refractivity contribution in [2.24, 2.45) is 5.92 Å². The summed E-state index contributed by atoms with van der Waals surface area (Å²) >= 11 is 0. The predicted molar refractivity (Wildman–Crippen MR) is 57.9 cm³/mol. The molecule has 1 aliphatic heterocycles. The van der Waals surface area contributed by atoms with E-state index in [0.29, 0.717) is 13.0 Å². The molecule has 0 aliphatic carbocycles. The first-order chi connectivity index (χ1) is 7.33. The van der Waals surface area contributed by atoms with Gasteiger partial charge in [0.2, 0.25) is 0 Å². The third-order valence-electron chi connectivity index (χ3n) is 2.56. The lowest BCUT2D eigenvalue weighted by molar-refractivity contribution is -0.00115. The van der Waals surface area contributed by atoms with E-state index in [1.807, 2.05) is 0 Å². The van der Waals surface area contributed by atoms with Crippen LogP contribution in [0.5, 0.6) is 0 Å². The Hall–Kier alpha value is -0.840. The van der Waals surface area contributed by atoms with Crippen molar-refractivity contribution in [2.45, 2.75) is 39.0 Å². The van der Waals surface area contributed by atoms with Gasteiger partial charge in [0.15, 0.2) is 0 Å². The molecule has 5 heteroatoms. The molecule has 1 amide bonds. The van der Waals surface area contributed by atoms with Crippen LogP contribution in [-0.2, 0) is 4.74 Å². The summed E-state index contributed by atoms with van der Waals surface area (Å²) in [6, 6.07) is 0. The minimum atomic E-state index is -1.16. The number of aliphatic hydroxyl groups excluding tert-OH is 1. The van der Waals surface area contributed by atoms with Crippen molar-refractivity contribution in [3.05, 3.63) is 0 Å². The van der Waals surface area contributed by atoms with Gasteiger partial charge in [-0.15, -0.1) is 0 Å². The number of alkyl halides is 1. The van der Waals surface area contributed by atoms with Gasteiger partial charge >= 0.3 is 6.09 Å². The first kappa shape index (κ1) is 13.2. The van der Waals surface area contributed by atoms with Gasteiger partial charge in [0, 0.05) is 19.1 Å². The molecule has 1 heterocycles. The van der Waals surface area contributed by atoms with Crippen molar-refractivity contribution >= 4 is 6.09 Å². The van der Waals surface area contributed by atoms with Crippen LogP contribution in [0.25, 0.3) is 0 Å². The van der Waals surface area contributed by atoms with Gasteiger partial charge in [0.1, 0.15) is 11.8 Å². The van der Waals surface area contributed by atoms with E-state index in [0.717, 1.165) is 0 Å². The molecule has 0 radical (unpaired) electrons. The number of rotatable bonds is 1. The van der Waals surface area contributed by atoms with Crippen molar-refractivity contribution < 1.29 is 19.0 Å². The maximum atomic E-state index is 13.5. The normalized spacial score (nSPS) is 26.7. The SMILES string of the molecule is CC(C)(C)OC(=O)N1CCC(CO)[C@H](F)C1. The number of likely N-dealkylation sites (tertiary alicyclic amines) is 1. The largest absolute Gasteiger partial charge is 0.444 e.